The van der Waals surface area contributed by atoms with Crippen molar-refractivity contribution in [1.82, 2.24) is 0 Å². The molecule has 1 saturated heterocycles. The third kappa shape index (κ3) is 6.78. The highest BCUT2D eigenvalue weighted by atomic mass is 16.3. The van der Waals surface area contributed by atoms with E-state index >= 15 is 0 Å². The van der Waals surface area contributed by atoms with E-state index < -0.39 is 11.3 Å². The van der Waals surface area contributed by atoms with Gasteiger partial charge in [0.15, 0.2) is 0 Å². The van der Waals surface area contributed by atoms with E-state index in [0.717, 1.165) is 32.7 Å². The summed E-state index contributed by atoms with van der Waals surface area (Å²) in [5.74, 6) is -1.42. The van der Waals surface area contributed by atoms with Crippen molar-refractivity contribution in [2.24, 2.45) is 5.92 Å². The number of hydrogen-bond acceptors (Lipinski definition) is 6. The quantitative estimate of drug-likeness (QED) is 0.130. The van der Waals surface area contributed by atoms with E-state index in [4.69, 9.17) is 0 Å². The van der Waals surface area contributed by atoms with Gasteiger partial charge in [-0.25, -0.2) is 4.90 Å². The number of imide groups is 2. The largest absolute Gasteiger partial charge is 0.508 e. The van der Waals surface area contributed by atoms with E-state index in [1.165, 1.54) is 17.1 Å². The summed E-state index contributed by atoms with van der Waals surface area (Å²) in [7, 11) is 0. The zero-order valence-corrected chi connectivity index (χ0v) is 28.0. The van der Waals surface area contributed by atoms with Crippen LogP contribution in [0.3, 0.4) is 0 Å². The summed E-state index contributed by atoms with van der Waals surface area (Å²) in [6.45, 7) is 7.94. The van der Waals surface area contributed by atoms with Gasteiger partial charge in [-0.2, -0.15) is 0 Å². The summed E-state index contributed by atoms with van der Waals surface area (Å²) in [5.41, 5.74) is 5.93. The molecule has 4 amide bonds. The van der Waals surface area contributed by atoms with Crippen molar-refractivity contribution in [3.8, 4) is 11.5 Å². The highest BCUT2D eigenvalue weighted by Gasteiger charge is 2.38. The first-order valence-corrected chi connectivity index (χ1v) is 16.5. The average Bonchev–Trinajstić information content (AvgIpc) is 3.58. The Bertz CT molecular complexity index is 2040. The Kier molecular flexibility index (Phi) is 9.37. The molecule has 2 heterocycles. The molecular weight excluding hydrogens is 628 g/mol. The molecule has 0 spiro atoms. The van der Waals surface area contributed by atoms with Crippen LogP contribution in [0.15, 0.2) is 116 Å². The molecule has 8 nitrogen and oxygen atoms in total. The minimum atomic E-state index is -0.511. The maximum atomic E-state index is 13.4. The molecule has 0 aromatic heterocycles. The number of aromatic hydroxyl groups is 2. The SMILES string of the molecule is C=CCc1cc(C(C)(C)c2ccc(O)c(/C=C/CC3CC(=O)N(c4ccc(Cc5ccc(N6C(=O)C=CC6=O)cc5)cc4)C3=O)c2)ccc1O. The van der Waals surface area contributed by atoms with Crippen molar-refractivity contribution in [3.05, 3.63) is 149 Å². The van der Waals surface area contributed by atoms with Crippen LogP contribution >= 0.6 is 0 Å². The zero-order chi connectivity index (χ0) is 35.6. The van der Waals surface area contributed by atoms with Crippen LogP contribution in [0.5, 0.6) is 11.5 Å². The first-order valence-electron chi connectivity index (χ1n) is 16.5. The Morgan fingerprint density at radius 1 is 0.760 bits per heavy atom. The minimum Gasteiger partial charge on any atom is -0.508 e. The van der Waals surface area contributed by atoms with E-state index in [0.29, 0.717) is 36.2 Å². The summed E-state index contributed by atoms with van der Waals surface area (Å²) in [6.07, 6.45) is 9.45. The van der Waals surface area contributed by atoms with Gasteiger partial charge in [0.25, 0.3) is 11.8 Å². The van der Waals surface area contributed by atoms with Gasteiger partial charge in [0.1, 0.15) is 11.5 Å². The molecule has 6 rings (SSSR count). The summed E-state index contributed by atoms with van der Waals surface area (Å²) in [4.78, 5) is 52.6. The maximum Gasteiger partial charge on any atom is 0.258 e. The van der Waals surface area contributed by atoms with E-state index in [2.05, 4.69) is 20.4 Å². The molecule has 2 N–H and O–H groups in total. The second-order valence-corrected chi connectivity index (χ2v) is 13.2. The van der Waals surface area contributed by atoms with Gasteiger partial charge in [0.05, 0.1) is 17.3 Å². The third-order valence-corrected chi connectivity index (χ3v) is 9.48. The smallest absolute Gasteiger partial charge is 0.258 e. The summed E-state index contributed by atoms with van der Waals surface area (Å²) >= 11 is 0. The van der Waals surface area contributed by atoms with Crippen molar-refractivity contribution in [1.29, 1.82) is 0 Å². The maximum absolute atomic E-state index is 13.4. The number of phenols is 2. The predicted molar refractivity (Wildman–Crippen MR) is 194 cm³/mol. The van der Waals surface area contributed by atoms with Gasteiger partial charge in [-0.05, 0) is 89.5 Å². The van der Waals surface area contributed by atoms with Gasteiger partial charge in [-0.15, -0.1) is 6.58 Å². The minimum absolute atomic E-state index is 0.0990. The lowest BCUT2D eigenvalue weighted by Gasteiger charge is -2.27. The van der Waals surface area contributed by atoms with Gasteiger partial charge in [0.2, 0.25) is 11.8 Å². The zero-order valence-electron chi connectivity index (χ0n) is 28.0. The molecule has 0 saturated carbocycles. The van der Waals surface area contributed by atoms with Gasteiger partial charge < -0.3 is 10.2 Å². The van der Waals surface area contributed by atoms with Crippen molar-refractivity contribution < 1.29 is 29.4 Å². The Morgan fingerprint density at radius 3 is 1.92 bits per heavy atom. The Hall–Kier alpha value is -6.02. The Morgan fingerprint density at radius 2 is 1.32 bits per heavy atom. The Labute approximate surface area is 291 Å². The first kappa shape index (κ1) is 33.9. The van der Waals surface area contributed by atoms with Gasteiger partial charge >= 0.3 is 0 Å². The highest BCUT2D eigenvalue weighted by Crippen LogP contribution is 2.37. The lowest BCUT2D eigenvalue weighted by atomic mass is 9.77. The molecule has 4 aromatic carbocycles. The lowest BCUT2D eigenvalue weighted by molar-refractivity contribution is -0.123. The van der Waals surface area contributed by atoms with Crippen molar-refractivity contribution >= 4 is 41.1 Å². The first-order chi connectivity index (χ1) is 24.0. The molecular formula is C42H38N2O6. The second kappa shape index (κ2) is 13.8. The fourth-order valence-corrected chi connectivity index (χ4v) is 6.46. The molecule has 8 heteroatoms. The molecule has 0 radical (unpaired) electrons. The average molecular weight is 667 g/mol. The molecule has 50 heavy (non-hydrogen) atoms. The summed E-state index contributed by atoms with van der Waals surface area (Å²) < 4.78 is 0. The van der Waals surface area contributed by atoms with E-state index in [1.807, 2.05) is 54.6 Å². The molecule has 2 aliphatic heterocycles. The molecule has 1 fully saturated rings. The summed E-state index contributed by atoms with van der Waals surface area (Å²) in [5, 5.41) is 20.9. The molecule has 252 valence electrons. The monoisotopic (exact) mass is 666 g/mol. The number of anilines is 2. The van der Waals surface area contributed by atoms with Crippen LogP contribution in [0.2, 0.25) is 0 Å². The second-order valence-electron chi connectivity index (χ2n) is 13.2. The molecule has 4 aromatic rings. The van der Waals surface area contributed by atoms with E-state index in [9.17, 15) is 29.4 Å². The fourth-order valence-electron chi connectivity index (χ4n) is 6.46. The predicted octanol–water partition coefficient (Wildman–Crippen LogP) is 7.16. The number of carbonyl (C=O) groups is 4. The number of hydrogen-bond donors (Lipinski definition) is 2. The van der Waals surface area contributed by atoms with Gasteiger partial charge in [-0.3, -0.25) is 24.1 Å². The van der Waals surface area contributed by atoms with E-state index in [-0.39, 0.29) is 41.5 Å². The number of allylic oxidation sites excluding steroid dienone is 2. The number of carbonyl (C=O) groups excluding carboxylic acids is 4. The number of benzene rings is 4. The number of amides is 4. The normalized spacial score (nSPS) is 16.3. The topological polar surface area (TPSA) is 115 Å². The van der Waals surface area contributed by atoms with E-state index in [1.54, 1.807) is 48.6 Å². The highest BCUT2D eigenvalue weighted by molar-refractivity contribution is 6.28. The van der Waals surface area contributed by atoms with Crippen LogP contribution in [0.25, 0.3) is 6.08 Å². The Balaban J connectivity index is 1.09. The number of phenolic OH excluding ortho intramolecular Hbond substituents is 2. The van der Waals surface area contributed by atoms with Gasteiger partial charge in [-0.1, -0.05) is 74.5 Å². The van der Waals surface area contributed by atoms with Crippen LogP contribution in [0.1, 0.15) is 60.1 Å². The van der Waals surface area contributed by atoms with Crippen molar-refractivity contribution in [2.75, 3.05) is 9.80 Å². The fraction of sp³-hybridized carbons (Fsp3) is 0.190. The molecule has 2 aliphatic rings. The number of nitrogens with zero attached hydrogens (tertiary/aromatic N) is 2. The van der Waals surface area contributed by atoms with Crippen molar-refractivity contribution in [2.45, 2.75) is 44.9 Å². The van der Waals surface area contributed by atoms with Gasteiger partial charge in [0, 0.05) is 29.6 Å². The lowest BCUT2D eigenvalue weighted by Crippen LogP contribution is -2.30. The van der Waals surface area contributed by atoms with Crippen LogP contribution in [-0.2, 0) is 37.4 Å². The standard InChI is InChI=1S/C42H38N2O6/c1-4-6-29-24-32(13-19-36(29)45)42(2,3)33-14-20-37(46)30(25-33)7-5-8-31-26-40(49)44(41(31)50)35-17-11-28(12-18-35)23-27-9-15-34(16-10-27)43-38(47)21-22-39(43)48/h4-5,7,9-22,24-25,31,45-46H,1,6,8,23,26H2,2-3H3/b7-5+. The van der Waals surface area contributed by atoms with Crippen LogP contribution in [0, 0.1) is 5.92 Å². The van der Waals surface area contributed by atoms with Crippen LogP contribution in [-0.4, -0.2) is 33.8 Å². The molecule has 1 atom stereocenters. The third-order valence-electron chi connectivity index (χ3n) is 9.48. The number of rotatable bonds is 11. The van der Waals surface area contributed by atoms with Crippen molar-refractivity contribution in [3.63, 3.8) is 0 Å². The molecule has 0 bridgehead atoms. The van der Waals surface area contributed by atoms with Crippen LogP contribution in [0.4, 0.5) is 11.4 Å². The van der Waals surface area contributed by atoms with Crippen LogP contribution < -0.4 is 9.80 Å². The summed E-state index contributed by atoms with van der Waals surface area (Å²) in [6, 6.07) is 25.5. The molecule has 1 unspecified atom stereocenters. The molecule has 0 aliphatic carbocycles.